The number of carbonyl (C=O) groups is 5. The molecule has 4 unspecified atom stereocenters. The first-order valence-electron chi connectivity index (χ1n) is 11.3. The smallest absolute Gasteiger partial charge is 0.326 e. The van der Waals surface area contributed by atoms with Crippen LogP contribution in [0.5, 0.6) is 0 Å². The van der Waals surface area contributed by atoms with Gasteiger partial charge in [0.2, 0.25) is 23.6 Å². The Hall–Kier alpha value is -2.77. The molecular formula is C23H35N5O6S2. The van der Waals surface area contributed by atoms with E-state index in [4.69, 9.17) is 11.5 Å². The van der Waals surface area contributed by atoms with E-state index in [1.165, 1.54) is 23.5 Å². The number of amides is 4. The van der Waals surface area contributed by atoms with Crippen molar-refractivity contribution in [2.45, 2.75) is 49.9 Å². The molecule has 0 fully saturated rings. The Bertz CT molecular complexity index is 889. The zero-order chi connectivity index (χ0) is 27.1. The zero-order valence-corrected chi connectivity index (χ0v) is 22.0. The fourth-order valence-electron chi connectivity index (χ4n) is 3.19. The number of rotatable bonds is 17. The lowest BCUT2D eigenvalue weighted by Crippen LogP contribution is -2.57. The van der Waals surface area contributed by atoms with Crippen LogP contribution < -0.4 is 27.4 Å². The highest BCUT2D eigenvalue weighted by atomic mass is 32.2. The summed E-state index contributed by atoms with van der Waals surface area (Å²) in [4.78, 5) is 61.2. The van der Waals surface area contributed by atoms with Crippen molar-refractivity contribution in [3.63, 3.8) is 0 Å². The van der Waals surface area contributed by atoms with Crippen LogP contribution in [0.1, 0.15) is 24.8 Å². The van der Waals surface area contributed by atoms with E-state index in [1.807, 2.05) is 42.8 Å². The number of carbonyl (C=O) groups excluding carboxylic acids is 4. The summed E-state index contributed by atoms with van der Waals surface area (Å²) >= 11 is 2.92. The summed E-state index contributed by atoms with van der Waals surface area (Å²) in [5.74, 6) is -3.11. The van der Waals surface area contributed by atoms with Crippen molar-refractivity contribution in [2.75, 3.05) is 24.0 Å². The summed E-state index contributed by atoms with van der Waals surface area (Å²) in [6.45, 7) is 0. The first-order valence-corrected chi connectivity index (χ1v) is 14.1. The molecule has 0 heterocycles. The Morgan fingerprint density at radius 3 is 1.75 bits per heavy atom. The number of thioether (sulfide) groups is 2. The second kappa shape index (κ2) is 16.8. The second-order valence-electron chi connectivity index (χ2n) is 8.05. The number of hydrogen-bond donors (Lipinski definition) is 6. The summed E-state index contributed by atoms with van der Waals surface area (Å²) in [5, 5.41) is 16.8. The second-order valence-corrected chi connectivity index (χ2v) is 10.0. The molecule has 1 aromatic rings. The number of hydrogen-bond acceptors (Lipinski definition) is 8. The molecule has 0 aliphatic rings. The van der Waals surface area contributed by atoms with Crippen LogP contribution in [0.2, 0.25) is 0 Å². The number of carboxylic acid groups (broad SMARTS) is 1. The van der Waals surface area contributed by atoms with Crippen LogP contribution in [0, 0.1) is 0 Å². The van der Waals surface area contributed by atoms with Crippen LogP contribution in [0.25, 0.3) is 0 Å². The van der Waals surface area contributed by atoms with Gasteiger partial charge in [0.15, 0.2) is 0 Å². The van der Waals surface area contributed by atoms with Gasteiger partial charge in [-0.05, 0) is 48.8 Å². The lowest BCUT2D eigenvalue weighted by atomic mass is 10.1. The highest BCUT2D eigenvalue weighted by molar-refractivity contribution is 7.98. The molecule has 36 heavy (non-hydrogen) atoms. The largest absolute Gasteiger partial charge is 0.480 e. The third-order valence-electron chi connectivity index (χ3n) is 5.14. The Morgan fingerprint density at radius 1 is 0.833 bits per heavy atom. The molecule has 0 aromatic heterocycles. The van der Waals surface area contributed by atoms with Gasteiger partial charge in [-0.3, -0.25) is 19.2 Å². The molecule has 4 atom stereocenters. The number of aliphatic carboxylic acids is 1. The molecule has 1 rings (SSSR count). The average Bonchev–Trinajstić information content (AvgIpc) is 2.83. The molecular weight excluding hydrogens is 506 g/mol. The molecule has 4 amide bonds. The van der Waals surface area contributed by atoms with E-state index >= 15 is 0 Å². The third-order valence-corrected chi connectivity index (χ3v) is 6.43. The molecule has 0 bridgehead atoms. The number of nitrogens with one attached hydrogen (secondary N) is 3. The molecule has 8 N–H and O–H groups in total. The first kappa shape index (κ1) is 31.3. The van der Waals surface area contributed by atoms with Crippen molar-refractivity contribution in [3.05, 3.63) is 35.9 Å². The van der Waals surface area contributed by atoms with Crippen LogP contribution in [0.3, 0.4) is 0 Å². The van der Waals surface area contributed by atoms with E-state index in [-0.39, 0.29) is 6.42 Å². The number of nitrogens with two attached hydrogens (primary N) is 2. The first-order chi connectivity index (χ1) is 17.1. The maximum absolute atomic E-state index is 13.1. The molecule has 0 aliphatic carbocycles. The number of carboxylic acids is 1. The molecule has 200 valence electrons. The van der Waals surface area contributed by atoms with Crippen molar-refractivity contribution in [1.82, 2.24) is 16.0 Å². The predicted molar refractivity (Wildman–Crippen MR) is 141 cm³/mol. The fraction of sp³-hybridized carbons (Fsp3) is 0.522. The zero-order valence-electron chi connectivity index (χ0n) is 20.4. The maximum atomic E-state index is 13.1. The minimum atomic E-state index is -1.52. The monoisotopic (exact) mass is 541 g/mol. The van der Waals surface area contributed by atoms with Crippen molar-refractivity contribution >= 4 is 53.1 Å². The van der Waals surface area contributed by atoms with E-state index in [1.54, 1.807) is 0 Å². The minimum absolute atomic E-state index is 0.207. The predicted octanol–water partition coefficient (Wildman–Crippen LogP) is -0.523. The molecule has 13 heteroatoms. The number of benzene rings is 1. The summed E-state index contributed by atoms with van der Waals surface area (Å²) in [6, 6.07) is 4.81. The Labute approximate surface area is 219 Å². The van der Waals surface area contributed by atoms with Gasteiger partial charge < -0.3 is 32.5 Å². The molecule has 0 saturated carbocycles. The van der Waals surface area contributed by atoms with E-state index in [2.05, 4.69) is 16.0 Å². The van der Waals surface area contributed by atoms with Gasteiger partial charge in [0.25, 0.3) is 0 Å². The number of primary amides is 1. The maximum Gasteiger partial charge on any atom is 0.326 e. The van der Waals surface area contributed by atoms with Crippen LogP contribution in [-0.4, -0.2) is 82.9 Å². The lowest BCUT2D eigenvalue weighted by molar-refractivity contribution is -0.143. The van der Waals surface area contributed by atoms with Crippen molar-refractivity contribution < 1.29 is 29.1 Å². The van der Waals surface area contributed by atoms with Crippen LogP contribution in [-0.2, 0) is 30.4 Å². The van der Waals surface area contributed by atoms with Crippen molar-refractivity contribution in [1.29, 1.82) is 0 Å². The minimum Gasteiger partial charge on any atom is -0.480 e. The summed E-state index contributed by atoms with van der Waals surface area (Å²) in [6.07, 6.45) is 3.89. The van der Waals surface area contributed by atoms with Gasteiger partial charge in [-0.1, -0.05) is 30.3 Å². The third kappa shape index (κ3) is 11.8. The van der Waals surface area contributed by atoms with E-state index in [0.29, 0.717) is 24.3 Å². The average molecular weight is 542 g/mol. The topological polar surface area (TPSA) is 194 Å². The molecule has 1 aromatic carbocycles. The van der Waals surface area contributed by atoms with Gasteiger partial charge in [-0.25, -0.2) is 4.79 Å². The van der Waals surface area contributed by atoms with Gasteiger partial charge in [0.1, 0.15) is 18.1 Å². The van der Waals surface area contributed by atoms with Crippen LogP contribution >= 0.6 is 23.5 Å². The Kier molecular flexibility index (Phi) is 14.6. The molecule has 0 saturated heterocycles. The molecule has 0 aliphatic heterocycles. The summed E-state index contributed by atoms with van der Waals surface area (Å²) < 4.78 is 0. The van der Waals surface area contributed by atoms with Crippen molar-refractivity contribution in [3.8, 4) is 0 Å². The van der Waals surface area contributed by atoms with Gasteiger partial charge in [0, 0.05) is 0 Å². The summed E-state index contributed by atoms with van der Waals surface area (Å²) in [5.41, 5.74) is 12.0. The fourth-order valence-corrected chi connectivity index (χ4v) is 4.14. The Morgan fingerprint density at radius 2 is 1.31 bits per heavy atom. The SMILES string of the molecule is CSCCC(NC(=O)C(N)Cc1ccccc1)C(=O)NC(CCSC)C(=O)NC(CC(N)=O)C(=O)O. The van der Waals surface area contributed by atoms with Crippen LogP contribution in [0.15, 0.2) is 30.3 Å². The Balaban J connectivity index is 2.92. The highest BCUT2D eigenvalue weighted by Gasteiger charge is 2.30. The van der Waals surface area contributed by atoms with Gasteiger partial charge in [-0.15, -0.1) is 0 Å². The molecule has 0 spiro atoms. The van der Waals surface area contributed by atoms with E-state index in [9.17, 15) is 29.1 Å². The normalized spacial score (nSPS) is 14.1. The summed E-state index contributed by atoms with van der Waals surface area (Å²) in [7, 11) is 0. The van der Waals surface area contributed by atoms with Gasteiger partial charge >= 0.3 is 5.97 Å². The lowest BCUT2D eigenvalue weighted by Gasteiger charge is -2.25. The van der Waals surface area contributed by atoms with E-state index in [0.717, 1.165) is 5.56 Å². The van der Waals surface area contributed by atoms with Crippen LogP contribution in [0.4, 0.5) is 0 Å². The van der Waals surface area contributed by atoms with Crippen molar-refractivity contribution in [2.24, 2.45) is 11.5 Å². The standard InChI is InChI=1S/C23H35N5O6S2/c1-35-10-8-16(26-20(30)15(24)12-14-6-4-3-5-7-14)21(31)27-17(9-11-36-2)22(32)28-18(23(33)34)13-19(25)29/h3-7,15-18H,8-13,24H2,1-2H3,(H2,25,29)(H,26,30)(H,27,31)(H,28,32)(H,33,34). The van der Waals surface area contributed by atoms with Gasteiger partial charge in [0.05, 0.1) is 12.5 Å². The highest BCUT2D eigenvalue weighted by Crippen LogP contribution is 2.07. The molecule has 11 nitrogen and oxygen atoms in total. The van der Waals surface area contributed by atoms with Gasteiger partial charge in [-0.2, -0.15) is 23.5 Å². The van der Waals surface area contributed by atoms with E-state index < -0.39 is 60.2 Å². The quantitative estimate of drug-likeness (QED) is 0.150. The molecule has 0 radical (unpaired) electrons.